The lowest BCUT2D eigenvalue weighted by Crippen LogP contribution is -2.27. The second-order valence-corrected chi connectivity index (χ2v) is 10.5. The number of para-hydroxylation sites is 1. The van der Waals surface area contributed by atoms with Crippen molar-refractivity contribution < 1.29 is 13.9 Å². The molecule has 2 bridgehead atoms. The molecule has 1 aliphatic heterocycles. The quantitative estimate of drug-likeness (QED) is 0.510. The summed E-state index contributed by atoms with van der Waals surface area (Å²) >= 11 is 1.65. The van der Waals surface area contributed by atoms with Crippen LogP contribution in [0.3, 0.4) is 0 Å². The SMILES string of the molecule is C[C@@H]([C@@H]1C[C@H]2CC[C@H]1C2)n1c(COc2ccccc2F)nnc1SCCN1CCCC1=O. The van der Waals surface area contributed by atoms with Gasteiger partial charge in [0, 0.05) is 31.3 Å². The van der Waals surface area contributed by atoms with Crippen molar-refractivity contribution in [2.24, 2.45) is 17.8 Å². The van der Waals surface area contributed by atoms with Crippen LogP contribution in [0.25, 0.3) is 0 Å². The molecule has 2 aromatic rings. The number of halogens is 1. The predicted molar refractivity (Wildman–Crippen MR) is 121 cm³/mol. The zero-order valence-electron chi connectivity index (χ0n) is 18.6. The van der Waals surface area contributed by atoms with E-state index >= 15 is 0 Å². The number of nitrogens with zero attached hydrogens (tertiary/aromatic N) is 4. The fourth-order valence-electron chi connectivity index (χ4n) is 5.88. The number of fused-ring (bicyclic) bond motifs is 2. The monoisotopic (exact) mass is 458 g/mol. The highest BCUT2D eigenvalue weighted by Gasteiger charge is 2.43. The van der Waals surface area contributed by atoms with Crippen molar-refractivity contribution in [3.05, 3.63) is 35.9 Å². The van der Waals surface area contributed by atoms with E-state index < -0.39 is 0 Å². The lowest BCUT2D eigenvalue weighted by atomic mass is 9.84. The number of aromatic nitrogens is 3. The average Bonchev–Trinajstić information content (AvgIpc) is 3.58. The van der Waals surface area contributed by atoms with Crippen molar-refractivity contribution in [2.75, 3.05) is 18.8 Å². The van der Waals surface area contributed by atoms with Crippen LogP contribution < -0.4 is 4.74 Å². The first kappa shape index (κ1) is 21.7. The summed E-state index contributed by atoms with van der Waals surface area (Å²) in [4.78, 5) is 13.9. The maximum atomic E-state index is 14.0. The van der Waals surface area contributed by atoms with Crippen molar-refractivity contribution in [3.63, 3.8) is 0 Å². The van der Waals surface area contributed by atoms with Gasteiger partial charge in [-0.25, -0.2) is 4.39 Å². The van der Waals surface area contributed by atoms with E-state index in [4.69, 9.17) is 4.74 Å². The molecule has 2 saturated carbocycles. The Hall–Kier alpha value is -2.09. The van der Waals surface area contributed by atoms with E-state index in [1.807, 2.05) is 4.90 Å². The van der Waals surface area contributed by atoms with Gasteiger partial charge < -0.3 is 9.64 Å². The zero-order chi connectivity index (χ0) is 22.1. The van der Waals surface area contributed by atoms with Gasteiger partial charge in [-0.1, -0.05) is 30.3 Å². The van der Waals surface area contributed by atoms with Crippen molar-refractivity contribution >= 4 is 17.7 Å². The summed E-state index contributed by atoms with van der Waals surface area (Å²) in [5.74, 6) is 3.90. The van der Waals surface area contributed by atoms with Gasteiger partial charge in [-0.2, -0.15) is 0 Å². The van der Waals surface area contributed by atoms with Crippen molar-refractivity contribution in [2.45, 2.75) is 63.3 Å². The molecule has 8 heteroatoms. The first-order valence-corrected chi connectivity index (χ1v) is 12.8. The molecule has 1 amide bonds. The highest BCUT2D eigenvalue weighted by atomic mass is 32.2. The molecule has 3 fully saturated rings. The molecule has 4 atom stereocenters. The van der Waals surface area contributed by atoms with E-state index in [1.165, 1.54) is 31.7 Å². The minimum absolute atomic E-state index is 0.185. The van der Waals surface area contributed by atoms with Crippen LogP contribution in [-0.4, -0.2) is 44.4 Å². The highest BCUT2D eigenvalue weighted by molar-refractivity contribution is 7.99. The van der Waals surface area contributed by atoms with Gasteiger partial charge >= 0.3 is 0 Å². The maximum Gasteiger partial charge on any atom is 0.222 e. The van der Waals surface area contributed by atoms with Gasteiger partial charge in [0.15, 0.2) is 22.5 Å². The first-order valence-electron chi connectivity index (χ1n) is 11.8. The van der Waals surface area contributed by atoms with Gasteiger partial charge in [-0.3, -0.25) is 9.36 Å². The van der Waals surface area contributed by atoms with Gasteiger partial charge in [0.05, 0.1) is 0 Å². The number of likely N-dealkylation sites (tertiary alicyclic amines) is 1. The second kappa shape index (κ2) is 9.41. The van der Waals surface area contributed by atoms with Crippen molar-refractivity contribution in [3.8, 4) is 5.75 Å². The lowest BCUT2D eigenvalue weighted by Gasteiger charge is -2.30. The summed E-state index contributed by atoms with van der Waals surface area (Å²) in [5.41, 5.74) is 0. The van der Waals surface area contributed by atoms with Gasteiger partial charge in [0.1, 0.15) is 6.61 Å². The molecule has 1 aromatic heterocycles. The third-order valence-corrected chi connectivity index (χ3v) is 8.44. The first-order chi connectivity index (χ1) is 15.6. The van der Waals surface area contributed by atoms with Gasteiger partial charge in [0.2, 0.25) is 5.91 Å². The Balaban J connectivity index is 1.32. The summed E-state index contributed by atoms with van der Waals surface area (Å²) in [7, 11) is 0. The molecule has 5 rings (SSSR count). The molecule has 172 valence electrons. The minimum atomic E-state index is -0.371. The fourth-order valence-corrected chi connectivity index (χ4v) is 6.88. The predicted octanol–water partition coefficient (Wildman–Crippen LogP) is 4.71. The number of amides is 1. The Morgan fingerprint density at radius 3 is 2.84 bits per heavy atom. The average molecular weight is 459 g/mol. The number of carbonyl (C=O) groups excluding carboxylic acids is 1. The molecule has 6 nitrogen and oxygen atoms in total. The Kier molecular flexibility index (Phi) is 6.40. The molecule has 0 spiro atoms. The standard InChI is InChI=1S/C24H31FN4O2S/c1-16(19-14-17-8-9-18(19)13-17)29-22(15-31-21-6-3-2-5-20(21)25)26-27-24(29)32-12-11-28-10-4-7-23(28)30/h2-3,5-6,16-19H,4,7-15H2,1H3/t16-,17-,18-,19-/m0/s1. The van der Waals surface area contributed by atoms with E-state index in [0.717, 1.165) is 48.1 Å². The molecule has 1 aromatic carbocycles. The van der Waals surface area contributed by atoms with Crippen LogP contribution in [-0.2, 0) is 11.4 Å². The molecule has 0 radical (unpaired) electrons. The summed E-state index contributed by atoms with van der Waals surface area (Å²) in [6, 6.07) is 6.73. The number of thioether (sulfide) groups is 1. The van der Waals surface area contributed by atoms with Crippen molar-refractivity contribution in [1.82, 2.24) is 19.7 Å². The van der Waals surface area contributed by atoms with E-state index in [-0.39, 0.29) is 30.1 Å². The van der Waals surface area contributed by atoms with Crippen LogP contribution in [0.5, 0.6) is 5.75 Å². The summed E-state index contributed by atoms with van der Waals surface area (Å²) in [6.45, 7) is 4.05. The van der Waals surface area contributed by atoms with E-state index in [0.29, 0.717) is 12.3 Å². The van der Waals surface area contributed by atoms with E-state index in [1.54, 1.807) is 30.0 Å². The van der Waals surface area contributed by atoms with Gasteiger partial charge in [-0.15, -0.1) is 10.2 Å². The van der Waals surface area contributed by atoms with Crippen LogP contribution in [0.1, 0.15) is 57.3 Å². The summed E-state index contributed by atoms with van der Waals surface area (Å²) in [5, 5.41) is 9.81. The number of hydrogen-bond acceptors (Lipinski definition) is 5. The second-order valence-electron chi connectivity index (χ2n) is 9.40. The zero-order valence-corrected chi connectivity index (χ0v) is 19.4. The maximum absolute atomic E-state index is 14.0. The number of benzene rings is 1. The van der Waals surface area contributed by atoms with E-state index in [9.17, 15) is 9.18 Å². The minimum Gasteiger partial charge on any atom is -0.483 e. The molecule has 2 aliphatic carbocycles. The summed E-state index contributed by atoms with van der Waals surface area (Å²) in [6.07, 6.45) is 6.92. The summed E-state index contributed by atoms with van der Waals surface area (Å²) < 4.78 is 22.1. The Morgan fingerprint density at radius 1 is 1.25 bits per heavy atom. The molecule has 2 heterocycles. The number of hydrogen-bond donors (Lipinski definition) is 0. The number of ether oxygens (including phenoxy) is 1. The normalized spacial score (nSPS) is 25.6. The Bertz CT molecular complexity index is 967. The van der Waals surface area contributed by atoms with Crippen LogP contribution >= 0.6 is 11.8 Å². The highest BCUT2D eigenvalue weighted by Crippen LogP contribution is 2.52. The molecule has 0 unspecified atom stereocenters. The fraction of sp³-hybridized carbons (Fsp3) is 0.625. The third kappa shape index (κ3) is 4.38. The van der Waals surface area contributed by atoms with Crippen LogP contribution in [0.15, 0.2) is 29.4 Å². The third-order valence-electron chi connectivity index (χ3n) is 7.51. The Morgan fingerprint density at radius 2 is 2.12 bits per heavy atom. The van der Waals surface area contributed by atoms with Gasteiger partial charge in [-0.05, 0) is 62.5 Å². The lowest BCUT2D eigenvalue weighted by molar-refractivity contribution is -0.127. The molecule has 1 saturated heterocycles. The molecule has 0 N–H and O–H groups in total. The molecular weight excluding hydrogens is 427 g/mol. The van der Waals surface area contributed by atoms with Crippen LogP contribution in [0, 0.1) is 23.6 Å². The van der Waals surface area contributed by atoms with E-state index in [2.05, 4.69) is 21.7 Å². The molecular formula is C24H31FN4O2S. The van der Waals surface area contributed by atoms with Gasteiger partial charge in [0.25, 0.3) is 0 Å². The number of carbonyl (C=O) groups is 1. The topological polar surface area (TPSA) is 60.2 Å². The Labute approximate surface area is 192 Å². The van der Waals surface area contributed by atoms with Crippen molar-refractivity contribution in [1.29, 1.82) is 0 Å². The number of rotatable bonds is 9. The van der Waals surface area contributed by atoms with Crippen LogP contribution in [0.4, 0.5) is 4.39 Å². The molecule has 3 aliphatic rings. The smallest absolute Gasteiger partial charge is 0.222 e. The molecule has 32 heavy (non-hydrogen) atoms. The largest absolute Gasteiger partial charge is 0.483 e. The van der Waals surface area contributed by atoms with Crippen LogP contribution in [0.2, 0.25) is 0 Å².